The van der Waals surface area contributed by atoms with E-state index in [2.05, 4.69) is 50.2 Å². The summed E-state index contributed by atoms with van der Waals surface area (Å²) in [5.41, 5.74) is 1.04. The lowest BCUT2D eigenvalue weighted by Crippen LogP contribution is -2.17. The molecule has 1 aromatic carbocycles. The van der Waals surface area contributed by atoms with Gasteiger partial charge in [0.15, 0.2) is 0 Å². The molecule has 1 aromatic heterocycles. The third-order valence-electron chi connectivity index (χ3n) is 2.66. The van der Waals surface area contributed by atoms with Crippen LogP contribution in [0.2, 0.25) is 0 Å². The van der Waals surface area contributed by atoms with E-state index in [4.69, 9.17) is 0 Å². The normalized spacial score (nSPS) is 12.7. The van der Waals surface area contributed by atoms with Crippen LogP contribution in [-0.4, -0.2) is 7.05 Å². The van der Waals surface area contributed by atoms with Crippen molar-refractivity contribution in [3.8, 4) is 0 Å². The van der Waals surface area contributed by atoms with E-state index in [0.717, 1.165) is 10.0 Å². The molecule has 0 amide bonds. The highest BCUT2D eigenvalue weighted by atomic mass is 79.9. The molecule has 1 N–H and O–H groups in total. The molecule has 0 aliphatic rings. The van der Waals surface area contributed by atoms with Crippen LogP contribution in [0.1, 0.15) is 21.4 Å². The van der Waals surface area contributed by atoms with Gasteiger partial charge in [-0.15, -0.1) is 11.3 Å². The van der Waals surface area contributed by atoms with Crippen LogP contribution in [0.25, 0.3) is 0 Å². The summed E-state index contributed by atoms with van der Waals surface area (Å²) in [7, 11) is 1.91. The molecule has 96 valence electrons. The van der Waals surface area contributed by atoms with Crippen molar-refractivity contribution in [2.75, 3.05) is 7.05 Å². The first kappa shape index (κ1) is 14.2. The molecule has 5 heteroatoms. The molecule has 2 rings (SSSR count). The van der Waals surface area contributed by atoms with Gasteiger partial charge in [0.05, 0.1) is 10.5 Å². The number of benzene rings is 1. The van der Waals surface area contributed by atoms with Gasteiger partial charge < -0.3 is 5.32 Å². The maximum atomic E-state index is 13.3. The van der Waals surface area contributed by atoms with Gasteiger partial charge in [-0.2, -0.15) is 0 Å². The summed E-state index contributed by atoms with van der Waals surface area (Å²) in [6, 6.07) is 7.27. The second-order valence-electron chi connectivity index (χ2n) is 3.96. The lowest BCUT2D eigenvalue weighted by atomic mass is 10.1. The van der Waals surface area contributed by atoms with E-state index in [-0.39, 0.29) is 11.9 Å². The molecule has 0 aliphatic heterocycles. The summed E-state index contributed by atoms with van der Waals surface area (Å²) >= 11 is 8.54. The molecular formula is C13H12Br2FNS. The van der Waals surface area contributed by atoms with Crippen molar-refractivity contribution in [3.05, 3.63) is 54.3 Å². The minimum absolute atomic E-state index is 0.0648. The van der Waals surface area contributed by atoms with Crippen molar-refractivity contribution in [1.82, 2.24) is 5.32 Å². The van der Waals surface area contributed by atoms with E-state index in [1.165, 1.54) is 15.8 Å². The zero-order chi connectivity index (χ0) is 13.3. The molecule has 1 heterocycles. The molecule has 0 aliphatic carbocycles. The van der Waals surface area contributed by atoms with E-state index in [9.17, 15) is 4.39 Å². The summed E-state index contributed by atoms with van der Waals surface area (Å²) in [6.45, 7) is 2.08. The molecule has 0 saturated heterocycles. The van der Waals surface area contributed by atoms with Crippen LogP contribution < -0.4 is 5.32 Å². The van der Waals surface area contributed by atoms with Gasteiger partial charge in [-0.05, 0) is 69.6 Å². The molecule has 2 aromatic rings. The SMILES string of the molecule is CNC(c1ccc(F)c(Br)c1)c1sc(C)cc1Br. The van der Waals surface area contributed by atoms with Gasteiger partial charge in [-0.3, -0.25) is 0 Å². The standard InChI is InChI=1S/C13H12Br2FNS/c1-7-5-10(15)13(18-7)12(17-2)8-3-4-11(16)9(14)6-8/h3-6,12,17H,1-2H3. The van der Waals surface area contributed by atoms with E-state index < -0.39 is 0 Å². The highest BCUT2D eigenvalue weighted by Gasteiger charge is 2.18. The average Bonchev–Trinajstić information content (AvgIpc) is 2.64. The fourth-order valence-corrected chi connectivity index (χ4v) is 4.25. The number of rotatable bonds is 3. The van der Waals surface area contributed by atoms with Gasteiger partial charge in [-0.25, -0.2) is 4.39 Å². The molecule has 1 nitrogen and oxygen atoms in total. The molecule has 0 radical (unpaired) electrons. The topological polar surface area (TPSA) is 12.0 Å². The quantitative estimate of drug-likeness (QED) is 0.772. The third kappa shape index (κ3) is 2.85. The zero-order valence-electron chi connectivity index (χ0n) is 9.93. The van der Waals surface area contributed by atoms with Crippen LogP contribution >= 0.6 is 43.2 Å². The molecule has 0 fully saturated rings. The van der Waals surface area contributed by atoms with Crippen molar-refractivity contribution >= 4 is 43.2 Å². The molecule has 0 bridgehead atoms. The maximum absolute atomic E-state index is 13.3. The summed E-state index contributed by atoms with van der Waals surface area (Å²) in [6.07, 6.45) is 0. The number of hydrogen-bond donors (Lipinski definition) is 1. The molecule has 1 unspecified atom stereocenters. The van der Waals surface area contributed by atoms with Crippen LogP contribution in [0, 0.1) is 12.7 Å². The number of thiophene rings is 1. The van der Waals surface area contributed by atoms with Crippen molar-refractivity contribution in [1.29, 1.82) is 0 Å². The van der Waals surface area contributed by atoms with E-state index in [1.54, 1.807) is 11.3 Å². The van der Waals surface area contributed by atoms with Crippen LogP contribution in [0.4, 0.5) is 4.39 Å². The van der Waals surface area contributed by atoms with Crippen LogP contribution in [0.15, 0.2) is 33.2 Å². The number of halogens is 3. The summed E-state index contributed by atoms with van der Waals surface area (Å²) in [5.74, 6) is -0.241. The number of aryl methyl sites for hydroxylation is 1. The Labute approximate surface area is 127 Å². The fourth-order valence-electron chi connectivity index (χ4n) is 1.84. The Morgan fingerprint density at radius 2 is 1.94 bits per heavy atom. The Morgan fingerprint density at radius 1 is 1.22 bits per heavy atom. The predicted molar refractivity (Wildman–Crippen MR) is 81.8 cm³/mol. The number of nitrogens with one attached hydrogen (secondary N) is 1. The molecule has 1 atom stereocenters. The monoisotopic (exact) mass is 391 g/mol. The Bertz CT molecular complexity index is 568. The first-order valence-electron chi connectivity index (χ1n) is 5.41. The van der Waals surface area contributed by atoms with Crippen molar-refractivity contribution < 1.29 is 4.39 Å². The van der Waals surface area contributed by atoms with E-state index in [0.29, 0.717) is 4.47 Å². The average molecular weight is 393 g/mol. The predicted octanol–water partition coefficient (Wildman–Crippen LogP) is 5.03. The Kier molecular flexibility index (Phi) is 4.59. The Balaban J connectivity index is 2.45. The third-order valence-corrected chi connectivity index (χ3v) is 5.31. The van der Waals surface area contributed by atoms with Crippen LogP contribution in [0.5, 0.6) is 0 Å². The Morgan fingerprint density at radius 3 is 2.44 bits per heavy atom. The molecule has 0 saturated carbocycles. The van der Waals surface area contributed by atoms with Crippen LogP contribution in [0.3, 0.4) is 0 Å². The van der Waals surface area contributed by atoms with Gasteiger partial charge in [0.1, 0.15) is 5.82 Å². The second-order valence-corrected chi connectivity index (χ2v) is 6.96. The lowest BCUT2D eigenvalue weighted by molar-refractivity contribution is 0.617. The smallest absolute Gasteiger partial charge is 0.137 e. The van der Waals surface area contributed by atoms with E-state index >= 15 is 0 Å². The first-order valence-corrected chi connectivity index (χ1v) is 7.81. The molecular weight excluding hydrogens is 381 g/mol. The lowest BCUT2D eigenvalue weighted by Gasteiger charge is -2.16. The summed E-state index contributed by atoms with van der Waals surface area (Å²) < 4.78 is 14.9. The Hall–Kier alpha value is -0.230. The van der Waals surface area contributed by atoms with Crippen molar-refractivity contribution in [3.63, 3.8) is 0 Å². The highest BCUT2D eigenvalue weighted by Crippen LogP contribution is 2.36. The fraction of sp³-hybridized carbons (Fsp3) is 0.231. The maximum Gasteiger partial charge on any atom is 0.137 e. The number of hydrogen-bond acceptors (Lipinski definition) is 2. The van der Waals surface area contributed by atoms with Crippen molar-refractivity contribution in [2.45, 2.75) is 13.0 Å². The van der Waals surface area contributed by atoms with Gasteiger partial charge in [0.25, 0.3) is 0 Å². The van der Waals surface area contributed by atoms with Gasteiger partial charge in [-0.1, -0.05) is 6.07 Å². The van der Waals surface area contributed by atoms with Gasteiger partial charge in [0, 0.05) is 14.2 Å². The summed E-state index contributed by atoms with van der Waals surface area (Å²) in [5, 5.41) is 3.27. The zero-order valence-corrected chi connectivity index (χ0v) is 13.9. The van der Waals surface area contributed by atoms with Gasteiger partial charge >= 0.3 is 0 Å². The highest BCUT2D eigenvalue weighted by molar-refractivity contribution is 9.10. The minimum Gasteiger partial charge on any atom is -0.309 e. The first-order chi connectivity index (χ1) is 8.52. The molecule has 18 heavy (non-hydrogen) atoms. The largest absolute Gasteiger partial charge is 0.309 e. The van der Waals surface area contributed by atoms with Crippen LogP contribution in [-0.2, 0) is 0 Å². The summed E-state index contributed by atoms with van der Waals surface area (Å²) in [4.78, 5) is 2.45. The second kappa shape index (κ2) is 5.82. The minimum atomic E-state index is -0.241. The van der Waals surface area contributed by atoms with Crippen molar-refractivity contribution in [2.24, 2.45) is 0 Å². The van der Waals surface area contributed by atoms with E-state index in [1.807, 2.05) is 19.2 Å². The molecule has 0 spiro atoms. The van der Waals surface area contributed by atoms with Gasteiger partial charge in [0.2, 0.25) is 0 Å².